The number of aromatic amines is 1. The third-order valence-electron chi connectivity index (χ3n) is 6.88. The number of aromatic hydroxyl groups is 1. The lowest BCUT2D eigenvalue weighted by molar-refractivity contribution is 0.0843. The molecule has 0 spiro atoms. The molecule has 0 aliphatic carbocycles. The molecule has 3 heterocycles. The van der Waals surface area contributed by atoms with Crippen LogP contribution in [-0.2, 0) is 4.74 Å². The molecule has 8 heteroatoms. The zero-order valence-corrected chi connectivity index (χ0v) is 18.9. The lowest BCUT2D eigenvalue weighted by Crippen LogP contribution is -2.17. The van der Waals surface area contributed by atoms with Crippen molar-refractivity contribution in [1.29, 1.82) is 0 Å². The van der Waals surface area contributed by atoms with Crippen LogP contribution >= 0.6 is 0 Å². The van der Waals surface area contributed by atoms with E-state index in [1.165, 1.54) is 12.1 Å². The average Bonchev–Trinajstić information content (AvgIpc) is 3.39. The first-order valence-corrected chi connectivity index (χ1v) is 11.5. The molecular weight excluding hydrogens is 455 g/mol. The van der Waals surface area contributed by atoms with Crippen molar-refractivity contribution < 1.29 is 23.0 Å². The Morgan fingerprint density at radius 1 is 0.971 bits per heavy atom. The van der Waals surface area contributed by atoms with Crippen molar-refractivity contribution >= 4 is 21.8 Å². The molecule has 1 aliphatic heterocycles. The third kappa shape index (κ3) is 3.47. The number of fused-ring (bicyclic) bond motifs is 2. The number of hydrogen-bond acceptors (Lipinski definition) is 3. The minimum Gasteiger partial charge on any atom is -0.503 e. The van der Waals surface area contributed by atoms with E-state index in [1.54, 1.807) is 12.1 Å². The highest BCUT2D eigenvalue weighted by molar-refractivity contribution is 6.06. The highest BCUT2D eigenvalue weighted by Crippen LogP contribution is 2.45. The van der Waals surface area contributed by atoms with Crippen LogP contribution in [0, 0.1) is 24.4 Å². The maximum absolute atomic E-state index is 14.6. The van der Waals surface area contributed by atoms with Crippen LogP contribution < -0.4 is 0 Å². The monoisotopic (exact) mass is 477 g/mol. The zero-order chi connectivity index (χ0) is 24.3. The van der Waals surface area contributed by atoms with E-state index >= 15 is 0 Å². The third-order valence-corrected chi connectivity index (χ3v) is 6.88. The van der Waals surface area contributed by atoms with E-state index in [4.69, 9.17) is 4.74 Å². The van der Waals surface area contributed by atoms with Crippen molar-refractivity contribution in [3.8, 4) is 22.6 Å². The summed E-state index contributed by atoms with van der Waals surface area (Å²) in [5.41, 5.74) is 5.04. The van der Waals surface area contributed by atoms with Crippen molar-refractivity contribution in [1.82, 2.24) is 14.8 Å². The van der Waals surface area contributed by atoms with Gasteiger partial charge in [-0.25, -0.2) is 13.2 Å². The number of aromatic nitrogens is 3. The Kier molecular flexibility index (Phi) is 5.07. The molecule has 0 saturated carbocycles. The van der Waals surface area contributed by atoms with Crippen LogP contribution in [0.25, 0.3) is 38.6 Å². The Hall–Kier alpha value is -3.78. The van der Waals surface area contributed by atoms with Gasteiger partial charge >= 0.3 is 0 Å². The largest absolute Gasteiger partial charge is 0.503 e. The van der Waals surface area contributed by atoms with Crippen molar-refractivity contribution in [2.24, 2.45) is 0 Å². The number of ether oxygens (including phenoxy) is 1. The summed E-state index contributed by atoms with van der Waals surface area (Å²) < 4.78 is 50.6. The first kappa shape index (κ1) is 21.7. The van der Waals surface area contributed by atoms with E-state index in [0.29, 0.717) is 24.3 Å². The van der Waals surface area contributed by atoms with Gasteiger partial charge in [0.2, 0.25) is 0 Å². The smallest absolute Gasteiger partial charge is 0.187 e. The summed E-state index contributed by atoms with van der Waals surface area (Å²) in [7, 11) is 0. The van der Waals surface area contributed by atoms with Crippen molar-refractivity contribution in [2.45, 2.75) is 25.7 Å². The number of phenols is 1. The first-order chi connectivity index (χ1) is 16.9. The molecule has 2 aromatic heterocycles. The van der Waals surface area contributed by atoms with Crippen LogP contribution in [0.15, 0.2) is 48.5 Å². The number of H-pyrrole nitrogens is 1. The summed E-state index contributed by atoms with van der Waals surface area (Å²) in [6, 6.07) is 12.5. The summed E-state index contributed by atoms with van der Waals surface area (Å²) in [5.74, 6) is -3.38. The fraction of sp³-hybridized carbons (Fsp3) is 0.222. The minimum atomic E-state index is -1.03. The molecule has 0 unspecified atom stereocenters. The summed E-state index contributed by atoms with van der Waals surface area (Å²) in [6.07, 6.45) is 1.46. The molecule has 1 aliphatic rings. The fourth-order valence-electron chi connectivity index (χ4n) is 5.19. The van der Waals surface area contributed by atoms with Gasteiger partial charge in [-0.15, -0.1) is 0 Å². The maximum Gasteiger partial charge on any atom is 0.187 e. The van der Waals surface area contributed by atoms with Crippen LogP contribution in [0.4, 0.5) is 13.2 Å². The van der Waals surface area contributed by atoms with E-state index in [2.05, 4.69) is 14.8 Å². The molecule has 3 aromatic carbocycles. The normalized spacial score (nSPS) is 14.9. The van der Waals surface area contributed by atoms with Gasteiger partial charge in [-0.3, -0.25) is 5.10 Å². The van der Waals surface area contributed by atoms with Crippen LogP contribution in [-0.4, -0.2) is 33.1 Å². The Morgan fingerprint density at radius 2 is 1.66 bits per heavy atom. The van der Waals surface area contributed by atoms with Crippen molar-refractivity contribution in [2.75, 3.05) is 13.2 Å². The SMILES string of the molecule is Cc1n[nH]c2cc3c(-c4cc(F)c(O)c(F)c4)c(C4CCOCC4)n(-c4ccc(F)cc4)c3cc12. The Bertz CT molecular complexity index is 1560. The van der Waals surface area contributed by atoms with Crippen molar-refractivity contribution in [3.63, 3.8) is 0 Å². The molecule has 0 bridgehead atoms. The van der Waals surface area contributed by atoms with Gasteiger partial charge in [0.15, 0.2) is 17.4 Å². The number of rotatable bonds is 3. The Labute approximate surface area is 198 Å². The Morgan fingerprint density at radius 3 is 2.34 bits per heavy atom. The molecule has 178 valence electrons. The van der Waals surface area contributed by atoms with Crippen LogP contribution in [0.3, 0.4) is 0 Å². The number of benzene rings is 3. The van der Waals surface area contributed by atoms with Crippen molar-refractivity contribution in [3.05, 3.63) is 77.4 Å². The van der Waals surface area contributed by atoms with E-state index in [1.807, 2.05) is 19.1 Å². The second kappa shape index (κ2) is 8.16. The number of nitrogens with zero attached hydrogens (tertiary/aromatic N) is 2. The van der Waals surface area contributed by atoms with Gasteiger partial charge in [0.25, 0.3) is 0 Å². The van der Waals surface area contributed by atoms with Crippen LogP contribution in [0.2, 0.25) is 0 Å². The number of aryl methyl sites for hydroxylation is 1. The van der Waals surface area contributed by atoms with Gasteiger partial charge in [0.05, 0.1) is 16.7 Å². The second-order valence-electron chi connectivity index (χ2n) is 8.97. The second-order valence-corrected chi connectivity index (χ2v) is 8.97. The molecule has 6 rings (SSSR count). The van der Waals surface area contributed by atoms with E-state index in [0.717, 1.165) is 63.9 Å². The molecule has 5 aromatic rings. The predicted molar refractivity (Wildman–Crippen MR) is 127 cm³/mol. The molecule has 2 N–H and O–H groups in total. The van der Waals surface area contributed by atoms with Gasteiger partial charge in [-0.1, -0.05) is 0 Å². The Balaban J connectivity index is 1.77. The maximum atomic E-state index is 14.6. The van der Waals surface area contributed by atoms with Gasteiger partial charge in [0.1, 0.15) is 5.82 Å². The van der Waals surface area contributed by atoms with Gasteiger partial charge in [-0.2, -0.15) is 5.10 Å². The van der Waals surface area contributed by atoms with E-state index in [9.17, 15) is 18.3 Å². The predicted octanol–water partition coefficient (Wildman–Crippen LogP) is 6.50. The molecule has 0 radical (unpaired) electrons. The summed E-state index contributed by atoms with van der Waals surface area (Å²) >= 11 is 0. The van der Waals surface area contributed by atoms with Gasteiger partial charge in [0, 0.05) is 46.8 Å². The van der Waals surface area contributed by atoms with Crippen LogP contribution in [0.1, 0.15) is 30.1 Å². The first-order valence-electron chi connectivity index (χ1n) is 11.5. The summed E-state index contributed by atoms with van der Waals surface area (Å²) in [6.45, 7) is 3.04. The minimum absolute atomic E-state index is 0.0358. The molecular formula is C27H22F3N3O2. The highest BCUT2D eigenvalue weighted by atomic mass is 19.1. The average molecular weight is 477 g/mol. The zero-order valence-electron chi connectivity index (χ0n) is 18.9. The molecule has 5 nitrogen and oxygen atoms in total. The number of phenolic OH excluding ortho intramolecular Hbond substituents is 1. The standard InChI is InChI=1S/C27H22F3N3O2/c1-14-19-13-24-20(12-23(19)32-31-14)25(16-10-21(29)27(34)22(30)11-16)26(15-6-8-35-9-7-15)33(24)18-4-2-17(28)3-5-18/h2-5,10-13,15,34H,6-9H2,1H3,(H,31,32). The summed E-state index contributed by atoms with van der Waals surface area (Å²) in [4.78, 5) is 0. The number of nitrogens with one attached hydrogen (secondary N) is 1. The van der Waals surface area contributed by atoms with E-state index < -0.39 is 17.4 Å². The molecule has 1 fully saturated rings. The van der Waals surface area contributed by atoms with Gasteiger partial charge < -0.3 is 14.4 Å². The topological polar surface area (TPSA) is 63.1 Å². The number of hydrogen-bond donors (Lipinski definition) is 2. The highest BCUT2D eigenvalue weighted by Gasteiger charge is 2.29. The molecule has 0 amide bonds. The molecule has 0 atom stereocenters. The fourth-order valence-corrected chi connectivity index (χ4v) is 5.19. The van der Waals surface area contributed by atoms with Gasteiger partial charge in [-0.05, 0) is 73.9 Å². The quantitative estimate of drug-likeness (QED) is 0.312. The number of halogens is 3. The lowest BCUT2D eigenvalue weighted by Gasteiger charge is -2.26. The summed E-state index contributed by atoms with van der Waals surface area (Å²) in [5, 5.41) is 18.8. The van der Waals surface area contributed by atoms with Crippen LogP contribution in [0.5, 0.6) is 5.75 Å². The van der Waals surface area contributed by atoms with E-state index in [-0.39, 0.29) is 11.7 Å². The molecule has 1 saturated heterocycles. The lowest BCUT2D eigenvalue weighted by atomic mass is 9.89. The molecule has 35 heavy (non-hydrogen) atoms.